The van der Waals surface area contributed by atoms with E-state index < -0.39 is 17.3 Å². The molecule has 132 valence electrons. The fraction of sp³-hybridized carbons (Fsp3) is 0.353. The van der Waals surface area contributed by atoms with Gasteiger partial charge in [-0.2, -0.15) is 9.78 Å². The van der Waals surface area contributed by atoms with Crippen molar-refractivity contribution in [3.05, 3.63) is 52.2 Å². The lowest BCUT2D eigenvalue weighted by atomic mass is 10.2. The maximum Gasteiger partial charge on any atom is 0.275 e. The van der Waals surface area contributed by atoms with Gasteiger partial charge in [-0.15, -0.1) is 0 Å². The number of hydrogen-bond donors (Lipinski definition) is 1. The molecule has 7 nitrogen and oxygen atoms in total. The number of amides is 1. The van der Waals surface area contributed by atoms with Gasteiger partial charge in [0.2, 0.25) is 0 Å². The lowest BCUT2D eigenvalue weighted by Gasteiger charge is -2.13. The Morgan fingerprint density at radius 3 is 2.84 bits per heavy atom. The van der Waals surface area contributed by atoms with Crippen molar-refractivity contribution in [3.8, 4) is 11.4 Å². The topological polar surface area (TPSA) is 82.5 Å². The van der Waals surface area contributed by atoms with Crippen LogP contribution in [0.5, 0.6) is 5.75 Å². The molecule has 1 aliphatic heterocycles. The van der Waals surface area contributed by atoms with Crippen molar-refractivity contribution in [2.24, 2.45) is 0 Å². The van der Waals surface area contributed by atoms with E-state index in [-0.39, 0.29) is 17.5 Å². The first-order valence-corrected chi connectivity index (χ1v) is 7.92. The normalized spacial score (nSPS) is 16.6. The number of methoxy groups -OCH3 is 1. The average molecular weight is 347 g/mol. The van der Waals surface area contributed by atoms with Crippen LogP contribution in [-0.2, 0) is 4.74 Å². The molecule has 0 saturated carbocycles. The van der Waals surface area contributed by atoms with Crippen molar-refractivity contribution >= 4 is 5.91 Å². The van der Waals surface area contributed by atoms with E-state index in [0.29, 0.717) is 18.8 Å². The molecule has 25 heavy (non-hydrogen) atoms. The lowest BCUT2D eigenvalue weighted by molar-refractivity contribution is 0.0849. The predicted octanol–water partition coefficient (Wildman–Crippen LogP) is 1.29. The Balaban J connectivity index is 1.88. The zero-order chi connectivity index (χ0) is 17.8. The summed E-state index contributed by atoms with van der Waals surface area (Å²) in [5.41, 5.74) is -0.161. The number of carbonyl (C=O) groups is 1. The number of carbonyl (C=O) groups excluding carboxylic acids is 1. The predicted molar refractivity (Wildman–Crippen MR) is 87.7 cm³/mol. The second-order valence-electron chi connectivity index (χ2n) is 5.63. The minimum atomic E-state index is -0.487. The Morgan fingerprint density at radius 2 is 2.20 bits per heavy atom. The van der Waals surface area contributed by atoms with Crippen molar-refractivity contribution in [2.75, 3.05) is 20.3 Å². The molecule has 1 saturated heterocycles. The number of benzene rings is 1. The number of hydrogen-bond acceptors (Lipinski definition) is 5. The molecule has 1 aliphatic rings. The Morgan fingerprint density at radius 1 is 1.44 bits per heavy atom. The molecule has 0 radical (unpaired) electrons. The van der Waals surface area contributed by atoms with Gasteiger partial charge in [0.25, 0.3) is 11.5 Å². The summed E-state index contributed by atoms with van der Waals surface area (Å²) < 4.78 is 24.7. The van der Waals surface area contributed by atoms with E-state index in [4.69, 9.17) is 9.47 Å². The smallest absolute Gasteiger partial charge is 0.275 e. The Hall–Kier alpha value is -2.74. The molecule has 1 aromatic heterocycles. The summed E-state index contributed by atoms with van der Waals surface area (Å²) in [7, 11) is 1.36. The number of rotatable bonds is 5. The highest BCUT2D eigenvalue weighted by Crippen LogP contribution is 2.15. The summed E-state index contributed by atoms with van der Waals surface area (Å²) >= 11 is 0. The standard InChI is InChI=1S/C17H18FN3O4/c1-24-14-9-15(22)21(12-6-4-11(18)5-7-12)20-16(14)17(23)19-10-13-3-2-8-25-13/h4-7,9,13H,2-3,8,10H2,1H3,(H,19,23)/t13-/m1/s1. The maximum atomic E-state index is 13.1. The van der Waals surface area contributed by atoms with Gasteiger partial charge in [0.05, 0.1) is 25.0 Å². The van der Waals surface area contributed by atoms with E-state index in [1.807, 2.05) is 0 Å². The van der Waals surface area contributed by atoms with Crippen molar-refractivity contribution in [2.45, 2.75) is 18.9 Å². The lowest BCUT2D eigenvalue weighted by Crippen LogP contribution is -2.34. The van der Waals surface area contributed by atoms with Crippen molar-refractivity contribution in [3.63, 3.8) is 0 Å². The Bertz CT molecular complexity index is 814. The maximum absolute atomic E-state index is 13.1. The number of ether oxygens (including phenoxy) is 2. The van der Waals surface area contributed by atoms with Crippen LogP contribution in [0, 0.1) is 5.82 Å². The molecule has 1 N–H and O–H groups in total. The summed E-state index contributed by atoms with van der Waals surface area (Å²) in [4.78, 5) is 24.6. The molecule has 8 heteroatoms. The van der Waals surface area contributed by atoms with Crippen LogP contribution in [0.4, 0.5) is 4.39 Å². The highest BCUT2D eigenvalue weighted by Gasteiger charge is 2.21. The molecule has 1 amide bonds. The second kappa shape index (κ2) is 7.43. The van der Waals surface area contributed by atoms with E-state index in [2.05, 4.69) is 10.4 Å². The van der Waals surface area contributed by atoms with Gasteiger partial charge >= 0.3 is 0 Å². The largest absolute Gasteiger partial charge is 0.494 e. The zero-order valence-corrected chi connectivity index (χ0v) is 13.7. The third-order valence-electron chi connectivity index (χ3n) is 3.92. The third kappa shape index (κ3) is 3.85. The molecule has 3 rings (SSSR count). The van der Waals surface area contributed by atoms with E-state index in [1.54, 1.807) is 0 Å². The van der Waals surface area contributed by atoms with Crippen LogP contribution in [0.25, 0.3) is 5.69 Å². The van der Waals surface area contributed by atoms with Crippen LogP contribution >= 0.6 is 0 Å². The van der Waals surface area contributed by atoms with Crippen LogP contribution in [0.2, 0.25) is 0 Å². The van der Waals surface area contributed by atoms with Crippen molar-refractivity contribution < 1.29 is 18.7 Å². The van der Waals surface area contributed by atoms with Gasteiger partial charge in [0, 0.05) is 13.2 Å². The number of halogens is 1. The van der Waals surface area contributed by atoms with E-state index in [9.17, 15) is 14.0 Å². The first-order chi connectivity index (χ1) is 12.1. The van der Waals surface area contributed by atoms with Crippen LogP contribution in [0.15, 0.2) is 35.1 Å². The highest BCUT2D eigenvalue weighted by molar-refractivity contribution is 5.94. The monoisotopic (exact) mass is 347 g/mol. The molecular formula is C17H18FN3O4. The molecule has 0 bridgehead atoms. The molecule has 1 aromatic carbocycles. The van der Waals surface area contributed by atoms with Gasteiger partial charge in [-0.1, -0.05) is 0 Å². The van der Waals surface area contributed by atoms with E-state index in [0.717, 1.165) is 17.5 Å². The molecule has 2 aromatic rings. The molecule has 0 spiro atoms. The van der Waals surface area contributed by atoms with Gasteiger partial charge in [0.1, 0.15) is 5.82 Å². The van der Waals surface area contributed by atoms with Gasteiger partial charge in [-0.25, -0.2) is 4.39 Å². The fourth-order valence-corrected chi connectivity index (χ4v) is 2.62. The zero-order valence-electron chi connectivity index (χ0n) is 13.7. The Kier molecular flexibility index (Phi) is 5.08. The first-order valence-electron chi connectivity index (χ1n) is 7.92. The van der Waals surface area contributed by atoms with Gasteiger partial charge in [-0.3, -0.25) is 9.59 Å². The minimum absolute atomic E-state index is 0.0158. The fourth-order valence-electron chi connectivity index (χ4n) is 2.62. The first kappa shape index (κ1) is 17.1. The molecule has 1 atom stereocenters. The van der Waals surface area contributed by atoms with Crippen LogP contribution in [0.3, 0.4) is 0 Å². The molecule has 0 aliphatic carbocycles. The van der Waals surface area contributed by atoms with Gasteiger partial charge in [-0.05, 0) is 37.1 Å². The van der Waals surface area contributed by atoms with E-state index >= 15 is 0 Å². The second-order valence-corrected chi connectivity index (χ2v) is 5.63. The van der Waals surface area contributed by atoms with Crippen LogP contribution in [0.1, 0.15) is 23.3 Å². The summed E-state index contributed by atoms with van der Waals surface area (Å²) in [6.07, 6.45) is 1.84. The summed E-state index contributed by atoms with van der Waals surface area (Å²) in [6, 6.07) is 6.42. The van der Waals surface area contributed by atoms with Gasteiger partial charge in [0.15, 0.2) is 11.4 Å². The minimum Gasteiger partial charge on any atom is -0.494 e. The molecule has 0 unspecified atom stereocenters. The third-order valence-corrected chi connectivity index (χ3v) is 3.92. The summed E-state index contributed by atoms with van der Waals surface area (Å²) in [5, 5.41) is 6.83. The van der Waals surface area contributed by atoms with Crippen molar-refractivity contribution in [1.82, 2.24) is 15.1 Å². The molecule has 2 heterocycles. The summed E-state index contributed by atoms with van der Waals surface area (Å²) in [5.74, 6) is -0.823. The molecule has 1 fully saturated rings. The number of nitrogens with one attached hydrogen (secondary N) is 1. The summed E-state index contributed by atoms with van der Waals surface area (Å²) in [6.45, 7) is 1.05. The quantitative estimate of drug-likeness (QED) is 0.881. The van der Waals surface area contributed by atoms with E-state index in [1.165, 1.54) is 37.4 Å². The highest BCUT2D eigenvalue weighted by atomic mass is 19.1. The van der Waals surface area contributed by atoms with Gasteiger partial charge < -0.3 is 14.8 Å². The van der Waals surface area contributed by atoms with Crippen LogP contribution in [-0.4, -0.2) is 42.1 Å². The number of aromatic nitrogens is 2. The van der Waals surface area contributed by atoms with Crippen LogP contribution < -0.4 is 15.6 Å². The average Bonchev–Trinajstić information content (AvgIpc) is 3.14. The number of nitrogens with zero attached hydrogens (tertiary/aromatic N) is 2. The SMILES string of the molecule is COc1cc(=O)n(-c2ccc(F)cc2)nc1C(=O)NC[C@H]1CCCO1. The molecular weight excluding hydrogens is 329 g/mol. The Labute approximate surface area is 143 Å². The van der Waals surface area contributed by atoms with Crippen molar-refractivity contribution in [1.29, 1.82) is 0 Å².